The molecule has 2 N–H and O–H groups in total. The molecule has 0 amide bonds. The van der Waals surface area contributed by atoms with Crippen molar-refractivity contribution in [2.45, 2.75) is 44.2 Å². The average molecular weight is 406 g/mol. The monoisotopic (exact) mass is 405 g/mol. The van der Waals surface area contributed by atoms with Crippen molar-refractivity contribution < 1.29 is 14.2 Å². The number of hydrogen-bond acceptors (Lipinski definition) is 3. The standard InChI is InChI=1S/C18H26Cl2NO3P/c19-16-7-6-14(8-17(16)20)18-10-24-15(9-21-18)12-25(22,23)11-13-4-2-1-3-5-13/h6-8,13,15,18,21H,1-5,9-12H2,(H,22,23)/t15-,18-/m1/s1. The third-order valence-corrected chi connectivity index (χ3v) is 8.00. The molecule has 25 heavy (non-hydrogen) atoms. The van der Waals surface area contributed by atoms with Gasteiger partial charge in [-0.15, -0.1) is 0 Å². The van der Waals surface area contributed by atoms with Crippen LogP contribution in [0.25, 0.3) is 0 Å². The smallest absolute Gasteiger partial charge is 0.203 e. The van der Waals surface area contributed by atoms with Gasteiger partial charge in [-0.3, -0.25) is 4.57 Å². The predicted octanol–water partition coefficient (Wildman–Crippen LogP) is 4.87. The second kappa shape index (κ2) is 8.73. The van der Waals surface area contributed by atoms with Gasteiger partial charge in [0.15, 0.2) is 0 Å². The van der Waals surface area contributed by atoms with E-state index in [2.05, 4.69) is 5.32 Å². The van der Waals surface area contributed by atoms with Crippen LogP contribution in [-0.2, 0) is 9.30 Å². The zero-order valence-electron chi connectivity index (χ0n) is 14.3. The lowest BCUT2D eigenvalue weighted by molar-refractivity contribution is 0.0156. The van der Waals surface area contributed by atoms with E-state index in [-0.39, 0.29) is 18.3 Å². The Hall–Kier alpha value is -0.0900. The summed E-state index contributed by atoms with van der Waals surface area (Å²) < 4.78 is 18.5. The van der Waals surface area contributed by atoms with Crippen LogP contribution in [0.15, 0.2) is 18.2 Å². The van der Waals surface area contributed by atoms with Crippen molar-refractivity contribution in [2.24, 2.45) is 5.92 Å². The van der Waals surface area contributed by atoms with Crippen LogP contribution in [0.4, 0.5) is 0 Å². The second-order valence-corrected chi connectivity index (χ2v) is 10.5. The molecule has 2 fully saturated rings. The Morgan fingerprint density at radius 3 is 2.56 bits per heavy atom. The van der Waals surface area contributed by atoms with E-state index in [1.54, 1.807) is 6.07 Å². The van der Waals surface area contributed by atoms with Gasteiger partial charge in [0.05, 0.1) is 35.0 Å². The molecule has 1 aromatic rings. The molecule has 1 aliphatic carbocycles. The van der Waals surface area contributed by atoms with Crippen LogP contribution in [0.3, 0.4) is 0 Å². The fourth-order valence-electron chi connectivity index (χ4n) is 3.85. The van der Waals surface area contributed by atoms with E-state index in [9.17, 15) is 9.46 Å². The Kier molecular flexibility index (Phi) is 6.87. The van der Waals surface area contributed by atoms with Crippen LogP contribution in [0.2, 0.25) is 10.0 Å². The molecule has 1 aromatic carbocycles. The molecule has 1 aliphatic heterocycles. The third kappa shape index (κ3) is 5.69. The van der Waals surface area contributed by atoms with E-state index >= 15 is 0 Å². The maximum Gasteiger partial charge on any atom is 0.203 e. The largest absolute Gasteiger partial charge is 0.374 e. The van der Waals surface area contributed by atoms with Crippen molar-refractivity contribution in [2.75, 3.05) is 25.5 Å². The summed E-state index contributed by atoms with van der Waals surface area (Å²) in [5.41, 5.74) is 1.02. The number of morpholine rings is 1. The number of rotatable bonds is 5. The molecule has 3 rings (SSSR count). The van der Waals surface area contributed by atoms with Crippen LogP contribution in [0, 0.1) is 5.92 Å². The number of ether oxygens (including phenoxy) is 1. The van der Waals surface area contributed by atoms with Crippen molar-refractivity contribution in [3.63, 3.8) is 0 Å². The summed E-state index contributed by atoms with van der Waals surface area (Å²) in [7, 11) is -3.14. The van der Waals surface area contributed by atoms with Gasteiger partial charge in [0.2, 0.25) is 7.37 Å². The SMILES string of the molecule is O=P(O)(CC1CCCCC1)C[C@H]1CN[C@@H](c2ccc(Cl)c(Cl)c2)CO1. The number of hydrogen-bond donors (Lipinski definition) is 2. The molecule has 1 saturated heterocycles. The second-order valence-electron chi connectivity index (χ2n) is 7.31. The van der Waals surface area contributed by atoms with Gasteiger partial charge >= 0.3 is 0 Å². The molecule has 0 radical (unpaired) electrons. The van der Waals surface area contributed by atoms with Crippen molar-refractivity contribution in [3.8, 4) is 0 Å². The van der Waals surface area contributed by atoms with Crippen LogP contribution in [-0.4, -0.2) is 36.5 Å². The summed E-state index contributed by atoms with van der Waals surface area (Å²) >= 11 is 12.0. The van der Waals surface area contributed by atoms with E-state index in [0.717, 1.165) is 18.4 Å². The fraction of sp³-hybridized carbons (Fsp3) is 0.667. The van der Waals surface area contributed by atoms with Gasteiger partial charge in [-0.1, -0.05) is 48.5 Å². The van der Waals surface area contributed by atoms with Crippen molar-refractivity contribution in [1.29, 1.82) is 0 Å². The van der Waals surface area contributed by atoms with Gasteiger partial charge in [-0.05, 0) is 36.5 Å². The fourth-order valence-corrected chi connectivity index (χ4v) is 6.35. The van der Waals surface area contributed by atoms with Crippen molar-refractivity contribution in [1.82, 2.24) is 5.32 Å². The van der Waals surface area contributed by atoms with Crippen molar-refractivity contribution >= 4 is 30.6 Å². The Morgan fingerprint density at radius 1 is 1.16 bits per heavy atom. The lowest BCUT2D eigenvalue weighted by Gasteiger charge is -2.32. The highest BCUT2D eigenvalue weighted by molar-refractivity contribution is 7.58. The number of benzene rings is 1. The summed E-state index contributed by atoms with van der Waals surface area (Å²) in [4.78, 5) is 10.4. The van der Waals surface area contributed by atoms with E-state index in [0.29, 0.717) is 35.3 Å². The van der Waals surface area contributed by atoms with E-state index in [1.165, 1.54) is 19.3 Å². The molecule has 4 nitrogen and oxygen atoms in total. The summed E-state index contributed by atoms with van der Waals surface area (Å²) in [6.07, 6.45) is 6.31. The average Bonchev–Trinajstić information content (AvgIpc) is 2.58. The van der Waals surface area contributed by atoms with E-state index in [4.69, 9.17) is 27.9 Å². The molecule has 1 saturated carbocycles. The zero-order valence-corrected chi connectivity index (χ0v) is 16.7. The highest BCUT2D eigenvalue weighted by Crippen LogP contribution is 2.46. The summed E-state index contributed by atoms with van der Waals surface area (Å²) in [6, 6.07) is 5.57. The molecule has 1 unspecified atom stereocenters. The normalized spacial score (nSPS) is 27.8. The van der Waals surface area contributed by atoms with Gasteiger partial charge in [-0.25, -0.2) is 0 Å². The highest BCUT2D eigenvalue weighted by atomic mass is 35.5. The maximum atomic E-state index is 12.6. The van der Waals surface area contributed by atoms with Crippen LogP contribution in [0.1, 0.15) is 43.7 Å². The Labute approximate surface area is 159 Å². The Bertz CT molecular complexity index is 629. The molecule has 3 atom stereocenters. The minimum Gasteiger partial charge on any atom is -0.374 e. The zero-order chi connectivity index (χ0) is 17.9. The molecular formula is C18H26Cl2NO3P. The molecule has 1 heterocycles. The van der Waals surface area contributed by atoms with Crippen LogP contribution >= 0.6 is 30.6 Å². The first-order chi connectivity index (χ1) is 11.9. The molecule has 7 heteroatoms. The lowest BCUT2D eigenvalue weighted by atomic mass is 9.91. The maximum absolute atomic E-state index is 12.6. The van der Waals surface area contributed by atoms with Gasteiger partial charge in [0.1, 0.15) is 0 Å². The first-order valence-corrected chi connectivity index (χ1v) is 11.8. The quantitative estimate of drug-likeness (QED) is 0.685. The third-order valence-electron chi connectivity index (χ3n) is 5.19. The molecular weight excluding hydrogens is 380 g/mol. The van der Waals surface area contributed by atoms with Gasteiger partial charge < -0.3 is 14.9 Å². The predicted molar refractivity (Wildman–Crippen MR) is 103 cm³/mol. The van der Waals surface area contributed by atoms with Gasteiger partial charge in [-0.2, -0.15) is 0 Å². The van der Waals surface area contributed by atoms with E-state index in [1.807, 2.05) is 12.1 Å². The molecule has 2 aliphatic rings. The molecule has 0 aromatic heterocycles. The van der Waals surface area contributed by atoms with Gasteiger partial charge in [0.25, 0.3) is 0 Å². The number of nitrogens with one attached hydrogen (secondary N) is 1. The minimum atomic E-state index is -3.14. The van der Waals surface area contributed by atoms with Crippen LogP contribution in [0.5, 0.6) is 0 Å². The molecule has 140 valence electrons. The first kappa shape index (κ1) is 19.7. The molecule has 0 spiro atoms. The van der Waals surface area contributed by atoms with Gasteiger partial charge in [0, 0.05) is 12.7 Å². The van der Waals surface area contributed by atoms with E-state index < -0.39 is 7.37 Å². The minimum absolute atomic E-state index is 0.0300. The number of halogens is 2. The topological polar surface area (TPSA) is 58.6 Å². The summed E-state index contributed by atoms with van der Waals surface area (Å²) in [5.74, 6) is 0.407. The first-order valence-electron chi connectivity index (χ1n) is 9.04. The summed E-state index contributed by atoms with van der Waals surface area (Å²) in [5, 5.41) is 4.45. The van der Waals surface area contributed by atoms with Crippen LogP contribution < -0.4 is 5.32 Å². The summed E-state index contributed by atoms with van der Waals surface area (Å²) in [6.45, 7) is 1.03. The Morgan fingerprint density at radius 2 is 1.92 bits per heavy atom. The lowest BCUT2D eigenvalue weighted by Crippen LogP contribution is -2.43. The Balaban J connectivity index is 1.49. The van der Waals surface area contributed by atoms with Crippen molar-refractivity contribution in [3.05, 3.63) is 33.8 Å². The highest BCUT2D eigenvalue weighted by Gasteiger charge is 2.31. The molecule has 0 bridgehead atoms.